The van der Waals surface area contributed by atoms with Gasteiger partial charge in [-0.2, -0.15) is 0 Å². The first-order valence-corrected chi connectivity index (χ1v) is 8.91. The fourth-order valence-electron chi connectivity index (χ4n) is 3.39. The maximum atomic E-state index is 12.4. The first-order chi connectivity index (χ1) is 12.8. The van der Waals surface area contributed by atoms with Crippen molar-refractivity contribution in [3.63, 3.8) is 0 Å². The summed E-state index contributed by atoms with van der Waals surface area (Å²) in [5.41, 5.74) is 2.10. The second kappa shape index (κ2) is 7.47. The number of hydrogen-bond acceptors (Lipinski definition) is 4. The largest absolute Gasteiger partial charge is 0.341 e. The zero-order valence-electron chi connectivity index (χ0n) is 14.5. The van der Waals surface area contributed by atoms with Crippen LogP contribution < -0.4 is 0 Å². The lowest BCUT2D eigenvalue weighted by Crippen LogP contribution is -2.39. The summed E-state index contributed by atoms with van der Waals surface area (Å²) < 4.78 is 1.81. The summed E-state index contributed by atoms with van der Waals surface area (Å²) in [7, 11) is 0. The maximum Gasteiger partial charge on any atom is 0.242 e. The van der Waals surface area contributed by atoms with Gasteiger partial charge in [0, 0.05) is 48.9 Å². The second-order valence-corrected chi connectivity index (χ2v) is 6.56. The van der Waals surface area contributed by atoms with E-state index in [1.807, 2.05) is 58.3 Å². The zero-order chi connectivity index (χ0) is 17.8. The van der Waals surface area contributed by atoms with Crippen LogP contribution in [0.15, 0.2) is 61.3 Å². The van der Waals surface area contributed by atoms with Gasteiger partial charge in [-0.05, 0) is 18.9 Å². The van der Waals surface area contributed by atoms with Gasteiger partial charge in [0.15, 0.2) is 5.82 Å². The Morgan fingerprint density at radius 3 is 2.62 bits per heavy atom. The van der Waals surface area contributed by atoms with E-state index in [-0.39, 0.29) is 5.91 Å². The Hall–Kier alpha value is -3.02. The van der Waals surface area contributed by atoms with Gasteiger partial charge in [-0.25, -0.2) is 15.0 Å². The summed E-state index contributed by atoms with van der Waals surface area (Å²) in [5.74, 6) is 1.29. The van der Waals surface area contributed by atoms with Gasteiger partial charge in [-0.3, -0.25) is 4.79 Å². The van der Waals surface area contributed by atoms with Crippen molar-refractivity contribution in [3.8, 4) is 11.4 Å². The molecule has 1 saturated heterocycles. The third kappa shape index (κ3) is 3.64. The highest BCUT2D eigenvalue weighted by Gasteiger charge is 2.25. The highest BCUT2D eigenvalue weighted by Crippen LogP contribution is 2.28. The van der Waals surface area contributed by atoms with E-state index in [1.165, 1.54) is 0 Å². The summed E-state index contributed by atoms with van der Waals surface area (Å²) in [5, 5.41) is 0. The van der Waals surface area contributed by atoms with E-state index in [4.69, 9.17) is 4.98 Å². The van der Waals surface area contributed by atoms with Crippen molar-refractivity contribution < 1.29 is 4.79 Å². The van der Waals surface area contributed by atoms with Gasteiger partial charge in [0.05, 0.1) is 6.33 Å². The highest BCUT2D eigenvalue weighted by molar-refractivity contribution is 5.76. The van der Waals surface area contributed by atoms with Gasteiger partial charge >= 0.3 is 0 Å². The number of carbonyl (C=O) groups excluding carboxylic acids is 1. The summed E-state index contributed by atoms with van der Waals surface area (Å²) in [6.45, 7) is 1.89. The van der Waals surface area contributed by atoms with E-state index in [0.29, 0.717) is 12.5 Å². The fourth-order valence-corrected chi connectivity index (χ4v) is 3.39. The Kier molecular flexibility index (Phi) is 4.73. The molecule has 0 bridgehead atoms. The second-order valence-electron chi connectivity index (χ2n) is 6.56. The molecule has 1 fully saturated rings. The summed E-state index contributed by atoms with van der Waals surface area (Å²) >= 11 is 0. The minimum Gasteiger partial charge on any atom is -0.341 e. The standard InChI is InChI=1S/C20H21N5O/c26-19(14-24-13-10-21-15-24)25-11-7-16(8-12-25)18-6-9-22-20(23-18)17-4-2-1-3-5-17/h1-6,9-10,13,15-16H,7-8,11-12,14H2. The lowest BCUT2D eigenvalue weighted by Gasteiger charge is -2.32. The lowest BCUT2D eigenvalue weighted by molar-refractivity contribution is -0.132. The summed E-state index contributed by atoms with van der Waals surface area (Å²) in [4.78, 5) is 27.5. The molecule has 0 saturated carbocycles. The molecule has 0 spiro atoms. The average Bonchev–Trinajstić information content (AvgIpc) is 3.22. The molecule has 0 radical (unpaired) electrons. The molecule has 0 atom stereocenters. The van der Waals surface area contributed by atoms with E-state index in [2.05, 4.69) is 9.97 Å². The molecule has 6 heteroatoms. The number of benzene rings is 1. The molecule has 1 aliphatic rings. The van der Waals surface area contributed by atoms with Crippen molar-refractivity contribution in [1.29, 1.82) is 0 Å². The van der Waals surface area contributed by atoms with Gasteiger partial charge in [0.1, 0.15) is 6.54 Å². The van der Waals surface area contributed by atoms with Gasteiger partial charge < -0.3 is 9.47 Å². The van der Waals surface area contributed by atoms with Crippen LogP contribution in [0.4, 0.5) is 0 Å². The van der Waals surface area contributed by atoms with Crippen LogP contribution in [0, 0.1) is 0 Å². The van der Waals surface area contributed by atoms with Crippen LogP contribution in [0.2, 0.25) is 0 Å². The van der Waals surface area contributed by atoms with Crippen LogP contribution in [0.3, 0.4) is 0 Å². The molecule has 3 heterocycles. The van der Waals surface area contributed by atoms with Gasteiger partial charge in [0.2, 0.25) is 5.91 Å². The number of nitrogens with zero attached hydrogens (tertiary/aromatic N) is 5. The molecule has 2 aromatic heterocycles. The molecule has 3 aromatic rings. The number of piperidine rings is 1. The number of carbonyl (C=O) groups is 1. The van der Waals surface area contributed by atoms with Crippen LogP contribution >= 0.6 is 0 Å². The van der Waals surface area contributed by atoms with E-state index in [1.54, 1.807) is 12.5 Å². The Labute approximate surface area is 152 Å². The molecule has 1 aromatic carbocycles. The molecule has 1 aliphatic heterocycles. The number of hydrogen-bond donors (Lipinski definition) is 0. The Bertz CT molecular complexity index is 855. The Balaban J connectivity index is 1.40. The monoisotopic (exact) mass is 347 g/mol. The molecule has 26 heavy (non-hydrogen) atoms. The third-order valence-corrected chi connectivity index (χ3v) is 4.85. The van der Waals surface area contributed by atoms with Crippen LogP contribution in [0.25, 0.3) is 11.4 Å². The van der Waals surface area contributed by atoms with Crippen molar-refractivity contribution in [2.45, 2.75) is 25.3 Å². The minimum atomic E-state index is 0.147. The van der Waals surface area contributed by atoms with Crippen molar-refractivity contribution in [2.75, 3.05) is 13.1 Å². The number of aromatic nitrogens is 4. The summed E-state index contributed by atoms with van der Waals surface area (Å²) in [6.07, 6.45) is 8.88. The van der Waals surface area contributed by atoms with E-state index in [0.717, 1.165) is 43.0 Å². The zero-order valence-corrected chi connectivity index (χ0v) is 14.5. The molecule has 6 nitrogen and oxygen atoms in total. The van der Waals surface area contributed by atoms with Crippen LogP contribution in [0.5, 0.6) is 0 Å². The smallest absolute Gasteiger partial charge is 0.242 e. The normalized spacial score (nSPS) is 15.2. The van der Waals surface area contributed by atoms with Gasteiger partial charge in [0.25, 0.3) is 0 Å². The van der Waals surface area contributed by atoms with Crippen LogP contribution in [0.1, 0.15) is 24.5 Å². The molecule has 0 unspecified atom stereocenters. The van der Waals surface area contributed by atoms with Gasteiger partial charge in [-0.15, -0.1) is 0 Å². The molecular weight excluding hydrogens is 326 g/mol. The van der Waals surface area contributed by atoms with Gasteiger partial charge in [-0.1, -0.05) is 30.3 Å². The first kappa shape index (κ1) is 16.4. The van der Waals surface area contributed by atoms with E-state index < -0.39 is 0 Å². The number of likely N-dealkylation sites (tertiary alicyclic amines) is 1. The van der Waals surface area contributed by atoms with Crippen molar-refractivity contribution in [2.24, 2.45) is 0 Å². The van der Waals surface area contributed by atoms with Crippen molar-refractivity contribution in [1.82, 2.24) is 24.4 Å². The average molecular weight is 347 g/mol. The topological polar surface area (TPSA) is 63.9 Å². The molecular formula is C20H21N5O. The number of amides is 1. The predicted molar refractivity (Wildman–Crippen MR) is 98.3 cm³/mol. The molecule has 0 N–H and O–H groups in total. The Morgan fingerprint density at radius 1 is 1.08 bits per heavy atom. The third-order valence-electron chi connectivity index (χ3n) is 4.85. The quantitative estimate of drug-likeness (QED) is 0.728. The van der Waals surface area contributed by atoms with Crippen molar-refractivity contribution in [3.05, 3.63) is 67.0 Å². The molecule has 4 rings (SSSR count). The van der Waals surface area contributed by atoms with Crippen LogP contribution in [-0.2, 0) is 11.3 Å². The molecule has 1 amide bonds. The lowest BCUT2D eigenvalue weighted by atomic mass is 9.93. The fraction of sp³-hybridized carbons (Fsp3) is 0.300. The van der Waals surface area contributed by atoms with E-state index >= 15 is 0 Å². The number of imidazole rings is 1. The van der Waals surface area contributed by atoms with Crippen molar-refractivity contribution >= 4 is 5.91 Å². The summed E-state index contributed by atoms with van der Waals surface area (Å²) in [6, 6.07) is 12.0. The Morgan fingerprint density at radius 2 is 1.88 bits per heavy atom. The van der Waals surface area contributed by atoms with E-state index in [9.17, 15) is 4.79 Å². The SMILES string of the molecule is O=C(Cn1ccnc1)N1CCC(c2ccnc(-c3ccccc3)n2)CC1. The molecule has 132 valence electrons. The molecule has 0 aliphatic carbocycles. The minimum absolute atomic E-state index is 0.147. The highest BCUT2D eigenvalue weighted by atomic mass is 16.2. The van der Waals surface area contributed by atoms with Crippen LogP contribution in [-0.4, -0.2) is 43.4 Å². The predicted octanol–water partition coefficient (Wildman–Crippen LogP) is 2.75. The first-order valence-electron chi connectivity index (χ1n) is 8.91. The number of rotatable bonds is 4. The maximum absolute atomic E-state index is 12.4.